The Morgan fingerprint density at radius 1 is 1.58 bits per heavy atom. The van der Waals surface area contributed by atoms with Gasteiger partial charge in [0.1, 0.15) is 18.2 Å². The molecule has 2 heterocycles. The Kier molecular flexibility index (Phi) is 3.87. The number of carbonyl (C=O) groups is 1. The fourth-order valence-electron chi connectivity index (χ4n) is 2.56. The first-order valence-corrected chi connectivity index (χ1v) is 6.50. The van der Waals surface area contributed by atoms with Crippen molar-refractivity contribution < 1.29 is 14.6 Å². The second-order valence-electron chi connectivity index (χ2n) is 4.80. The van der Waals surface area contributed by atoms with Gasteiger partial charge in [-0.25, -0.2) is 14.8 Å². The van der Waals surface area contributed by atoms with Crippen molar-refractivity contribution in [1.82, 2.24) is 9.97 Å². The summed E-state index contributed by atoms with van der Waals surface area (Å²) in [5.74, 6) is 0.495. The van der Waals surface area contributed by atoms with Gasteiger partial charge >= 0.3 is 5.97 Å². The highest BCUT2D eigenvalue weighted by Crippen LogP contribution is 2.32. The Labute approximate surface area is 112 Å². The molecule has 0 amide bonds. The molecule has 104 valence electrons. The van der Waals surface area contributed by atoms with E-state index in [1.54, 1.807) is 0 Å². The van der Waals surface area contributed by atoms with Gasteiger partial charge in [-0.2, -0.15) is 0 Å². The molecule has 0 spiro atoms. The number of carboxylic acid groups (broad SMARTS) is 1. The first kappa shape index (κ1) is 13.6. The van der Waals surface area contributed by atoms with E-state index in [1.165, 1.54) is 6.33 Å². The number of carboxylic acids is 1. The van der Waals surface area contributed by atoms with Gasteiger partial charge < -0.3 is 14.7 Å². The van der Waals surface area contributed by atoms with E-state index >= 15 is 0 Å². The minimum absolute atomic E-state index is 0.113. The van der Waals surface area contributed by atoms with Crippen molar-refractivity contribution in [3.8, 4) is 5.88 Å². The molecule has 19 heavy (non-hydrogen) atoms. The normalized spacial score (nSPS) is 22.6. The van der Waals surface area contributed by atoms with Crippen LogP contribution in [0.15, 0.2) is 6.33 Å². The molecule has 2 rings (SSSR count). The average Bonchev–Trinajstić information content (AvgIpc) is 2.74. The maximum atomic E-state index is 11.4. The first-order valence-electron chi connectivity index (χ1n) is 6.50. The summed E-state index contributed by atoms with van der Waals surface area (Å²) in [6.45, 7) is 6.93. The lowest BCUT2D eigenvalue weighted by molar-refractivity contribution is -0.139. The quantitative estimate of drug-likeness (QED) is 0.888. The van der Waals surface area contributed by atoms with Gasteiger partial charge in [0.15, 0.2) is 0 Å². The predicted molar refractivity (Wildman–Crippen MR) is 70.5 cm³/mol. The second-order valence-corrected chi connectivity index (χ2v) is 4.80. The molecular weight excluding hydrogens is 246 g/mol. The summed E-state index contributed by atoms with van der Waals surface area (Å²) in [6, 6.07) is -0.525. The summed E-state index contributed by atoms with van der Waals surface area (Å²) in [6.07, 6.45) is 2.28. The van der Waals surface area contributed by atoms with Crippen molar-refractivity contribution in [3.05, 3.63) is 11.9 Å². The first-order chi connectivity index (χ1) is 9.06. The van der Waals surface area contributed by atoms with E-state index in [-0.39, 0.29) is 5.92 Å². The molecule has 0 bridgehead atoms. The van der Waals surface area contributed by atoms with E-state index in [4.69, 9.17) is 4.74 Å². The van der Waals surface area contributed by atoms with Crippen LogP contribution in [0.1, 0.15) is 25.8 Å². The molecule has 6 nitrogen and oxygen atoms in total. The second kappa shape index (κ2) is 5.42. The number of anilines is 1. The van der Waals surface area contributed by atoms with Gasteiger partial charge in [0.25, 0.3) is 0 Å². The standard InChI is InChI=1S/C13H19N3O3/c1-4-19-12-9(3)11(14-7-15-12)16-6-5-8(2)10(16)13(17)18/h7-8,10H,4-6H2,1-3H3,(H,17,18). The van der Waals surface area contributed by atoms with Crippen LogP contribution < -0.4 is 9.64 Å². The Morgan fingerprint density at radius 2 is 2.32 bits per heavy atom. The van der Waals surface area contributed by atoms with Crippen LogP contribution in [0.5, 0.6) is 5.88 Å². The summed E-state index contributed by atoms with van der Waals surface area (Å²) in [5.41, 5.74) is 0.796. The predicted octanol–water partition coefficient (Wildman–Crippen LogP) is 1.48. The van der Waals surface area contributed by atoms with Crippen molar-refractivity contribution in [2.75, 3.05) is 18.1 Å². The van der Waals surface area contributed by atoms with E-state index in [9.17, 15) is 9.90 Å². The van der Waals surface area contributed by atoms with Crippen molar-refractivity contribution in [1.29, 1.82) is 0 Å². The van der Waals surface area contributed by atoms with Gasteiger partial charge in [-0.15, -0.1) is 0 Å². The Morgan fingerprint density at radius 3 is 2.95 bits per heavy atom. The number of rotatable bonds is 4. The summed E-state index contributed by atoms with van der Waals surface area (Å²) >= 11 is 0. The monoisotopic (exact) mass is 265 g/mol. The van der Waals surface area contributed by atoms with Crippen molar-refractivity contribution in [3.63, 3.8) is 0 Å². The molecule has 0 saturated carbocycles. The van der Waals surface area contributed by atoms with E-state index in [1.807, 2.05) is 25.7 Å². The zero-order valence-corrected chi connectivity index (χ0v) is 11.5. The molecule has 1 saturated heterocycles. The lowest BCUT2D eigenvalue weighted by atomic mass is 10.0. The lowest BCUT2D eigenvalue weighted by Crippen LogP contribution is -2.40. The SMILES string of the molecule is CCOc1ncnc(N2CCC(C)C2C(=O)O)c1C. The third kappa shape index (κ3) is 2.47. The molecule has 6 heteroatoms. The van der Waals surface area contributed by atoms with Crippen molar-refractivity contribution in [2.24, 2.45) is 5.92 Å². The van der Waals surface area contributed by atoms with Crippen LogP contribution in [-0.4, -0.2) is 40.2 Å². The Bertz CT molecular complexity index is 478. The third-order valence-electron chi connectivity index (χ3n) is 3.52. The summed E-state index contributed by atoms with van der Waals surface area (Å²) in [7, 11) is 0. The zero-order valence-electron chi connectivity index (χ0n) is 11.5. The number of aliphatic carboxylic acids is 1. The highest BCUT2D eigenvalue weighted by atomic mass is 16.5. The number of hydrogen-bond acceptors (Lipinski definition) is 5. The molecule has 1 aromatic rings. The minimum Gasteiger partial charge on any atom is -0.480 e. The largest absolute Gasteiger partial charge is 0.480 e. The van der Waals surface area contributed by atoms with E-state index in [0.29, 0.717) is 24.8 Å². The molecule has 2 atom stereocenters. The van der Waals surface area contributed by atoms with Crippen LogP contribution in [0.3, 0.4) is 0 Å². The van der Waals surface area contributed by atoms with Gasteiger partial charge in [-0.3, -0.25) is 0 Å². The Balaban J connectivity index is 2.36. The molecule has 0 radical (unpaired) electrons. The van der Waals surface area contributed by atoms with Gasteiger partial charge in [-0.05, 0) is 26.2 Å². The molecular formula is C13H19N3O3. The summed E-state index contributed by atoms with van der Waals surface area (Å²) in [5, 5.41) is 9.36. The number of nitrogens with zero attached hydrogens (tertiary/aromatic N) is 3. The number of ether oxygens (including phenoxy) is 1. The van der Waals surface area contributed by atoms with Crippen LogP contribution in [0.2, 0.25) is 0 Å². The molecule has 1 aromatic heterocycles. The van der Waals surface area contributed by atoms with Crippen LogP contribution in [0, 0.1) is 12.8 Å². The van der Waals surface area contributed by atoms with Crippen LogP contribution in [-0.2, 0) is 4.79 Å². The molecule has 1 aliphatic rings. The molecule has 0 aromatic carbocycles. The molecule has 1 aliphatic heterocycles. The summed E-state index contributed by atoms with van der Waals surface area (Å²) in [4.78, 5) is 21.6. The number of aromatic nitrogens is 2. The summed E-state index contributed by atoms with van der Waals surface area (Å²) < 4.78 is 5.43. The van der Waals surface area contributed by atoms with Gasteiger partial charge in [0, 0.05) is 6.54 Å². The maximum Gasteiger partial charge on any atom is 0.326 e. The molecule has 1 N–H and O–H groups in total. The molecule has 0 aliphatic carbocycles. The molecule has 1 fully saturated rings. The Hall–Kier alpha value is -1.85. The molecule has 2 unspecified atom stereocenters. The van der Waals surface area contributed by atoms with E-state index in [2.05, 4.69) is 9.97 Å². The topological polar surface area (TPSA) is 75.6 Å². The van der Waals surface area contributed by atoms with Crippen LogP contribution >= 0.6 is 0 Å². The van der Waals surface area contributed by atoms with Gasteiger partial charge in [0.2, 0.25) is 5.88 Å². The van der Waals surface area contributed by atoms with Crippen molar-refractivity contribution >= 4 is 11.8 Å². The minimum atomic E-state index is -0.805. The maximum absolute atomic E-state index is 11.4. The smallest absolute Gasteiger partial charge is 0.326 e. The zero-order chi connectivity index (χ0) is 14.0. The third-order valence-corrected chi connectivity index (χ3v) is 3.52. The fourth-order valence-corrected chi connectivity index (χ4v) is 2.56. The van der Waals surface area contributed by atoms with Gasteiger partial charge in [-0.1, -0.05) is 6.92 Å². The van der Waals surface area contributed by atoms with Crippen LogP contribution in [0.4, 0.5) is 5.82 Å². The highest BCUT2D eigenvalue weighted by Gasteiger charge is 2.38. The van der Waals surface area contributed by atoms with Crippen molar-refractivity contribution in [2.45, 2.75) is 33.2 Å². The van der Waals surface area contributed by atoms with E-state index in [0.717, 1.165) is 12.0 Å². The highest BCUT2D eigenvalue weighted by molar-refractivity contribution is 5.79. The lowest BCUT2D eigenvalue weighted by Gasteiger charge is -2.26. The fraction of sp³-hybridized carbons (Fsp3) is 0.615. The number of hydrogen-bond donors (Lipinski definition) is 1. The van der Waals surface area contributed by atoms with E-state index < -0.39 is 12.0 Å². The average molecular weight is 265 g/mol. The van der Waals surface area contributed by atoms with Gasteiger partial charge in [0.05, 0.1) is 12.2 Å². The van der Waals surface area contributed by atoms with Crippen LogP contribution in [0.25, 0.3) is 0 Å².